The van der Waals surface area contributed by atoms with Crippen molar-refractivity contribution in [2.45, 2.75) is 18.9 Å². The zero-order chi connectivity index (χ0) is 15.5. The number of carbonyl (C=O) groups is 1. The van der Waals surface area contributed by atoms with Gasteiger partial charge in [0, 0.05) is 38.1 Å². The van der Waals surface area contributed by atoms with Crippen LogP contribution >= 0.6 is 0 Å². The first-order valence-corrected chi connectivity index (χ1v) is 7.43. The van der Waals surface area contributed by atoms with E-state index in [1.807, 2.05) is 4.90 Å². The van der Waals surface area contributed by atoms with E-state index in [0.717, 1.165) is 25.1 Å². The summed E-state index contributed by atoms with van der Waals surface area (Å²) in [6, 6.07) is 8.22. The van der Waals surface area contributed by atoms with Crippen LogP contribution in [0.15, 0.2) is 36.5 Å². The number of aromatic nitrogens is 2. The molecule has 1 atom stereocenters. The van der Waals surface area contributed by atoms with Crippen molar-refractivity contribution in [3.8, 4) is 0 Å². The fourth-order valence-corrected chi connectivity index (χ4v) is 2.81. The zero-order valence-electron chi connectivity index (χ0n) is 12.5. The maximum atomic E-state index is 12.9. The van der Waals surface area contributed by atoms with Crippen LogP contribution in [-0.4, -0.2) is 39.7 Å². The molecular weight excluding hydrogens is 283 g/mol. The molecule has 3 rings (SSSR count). The van der Waals surface area contributed by atoms with Gasteiger partial charge < -0.3 is 10.2 Å². The summed E-state index contributed by atoms with van der Waals surface area (Å²) in [7, 11) is 1.77. The maximum Gasteiger partial charge on any atom is 0.272 e. The number of nitrogens with zero attached hydrogens (tertiary/aromatic N) is 3. The lowest BCUT2D eigenvalue weighted by Gasteiger charge is -2.33. The molecule has 1 aliphatic heterocycles. The van der Waals surface area contributed by atoms with Crippen molar-refractivity contribution in [1.82, 2.24) is 14.7 Å². The molecule has 0 bridgehead atoms. The van der Waals surface area contributed by atoms with Crippen LogP contribution in [-0.2, 0) is 7.05 Å². The van der Waals surface area contributed by atoms with Crippen molar-refractivity contribution in [2.24, 2.45) is 7.05 Å². The Morgan fingerprint density at radius 3 is 2.77 bits per heavy atom. The average molecular weight is 302 g/mol. The predicted molar refractivity (Wildman–Crippen MR) is 82.2 cm³/mol. The molecule has 5 nitrogen and oxygen atoms in total. The number of anilines is 1. The zero-order valence-corrected chi connectivity index (χ0v) is 12.5. The third kappa shape index (κ3) is 3.10. The molecule has 116 valence electrons. The molecule has 0 aliphatic carbocycles. The Morgan fingerprint density at radius 2 is 2.09 bits per heavy atom. The van der Waals surface area contributed by atoms with E-state index in [1.54, 1.807) is 36.1 Å². The number of carbonyl (C=O) groups excluding carboxylic acids is 1. The lowest BCUT2D eigenvalue weighted by atomic mass is 10.0. The van der Waals surface area contributed by atoms with E-state index in [9.17, 15) is 9.18 Å². The van der Waals surface area contributed by atoms with Gasteiger partial charge in [-0.25, -0.2) is 4.39 Å². The van der Waals surface area contributed by atoms with Gasteiger partial charge in [-0.2, -0.15) is 5.10 Å². The molecule has 0 radical (unpaired) electrons. The molecule has 2 aromatic rings. The summed E-state index contributed by atoms with van der Waals surface area (Å²) in [6.07, 6.45) is 3.57. The maximum absolute atomic E-state index is 12.9. The van der Waals surface area contributed by atoms with Gasteiger partial charge in [-0.3, -0.25) is 9.48 Å². The topological polar surface area (TPSA) is 50.2 Å². The Bertz CT molecular complexity index is 652. The number of hydrogen-bond donors (Lipinski definition) is 1. The average Bonchev–Trinajstić information content (AvgIpc) is 2.95. The predicted octanol–water partition coefficient (Wildman–Crippen LogP) is 2.28. The normalized spacial score (nSPS) is 18.3. The van der Waals surface area contributed by atoms with Crippen LogP contribution in [0.5, 0.6) is 0 Å². The van der Waals surface area contributed by atoms with Crippen molar-refractivity contribution in [2.75, 3.05) is 18.4 Å². The second-order valence-corrected chi connectivity index (χ2v) is 5.58. The van der Waals surface area contributed by atoms with E-state index in [-0.39, 0.29) is 17.8 Å². The van der Waals surface area contributed by atoms with E-state index in [0.29, 0.717) is 12.2 Å². The second kappa shape index (κ2) is 6.17. The molecule has 0 spiro atoms. The van der Waals surface area contributed by atoms with Crippen LogP contribution in [0, 0.1) is 5.82 Å². The lowest BCUT2D eigenvalue weighted by Crippen LogP contribution is -2.45. The van der Waals surface area contributed by atoms with Gasteiger partial charge in [-0.1, -0.05) is 0 Å². The molecule has 22 heavy (non-hydrogen) atoms. The SMILES string of the molecule is Cn1nccc1C(=O)N1CCC[C@@H](Nc2ccc(F)cc2)C1. The highest BCUT2D eigenvalue weighted by atomic mass is 19.1. The highest BCUT2D eigenvalue weighted by Crippen LogP contribution is 2.18. The van der Waals surface area contributed by atoms with Crippen LogP contribution in [0.25, 0.3) is 0 Å². The molecule has 1 fully saturated rings. The van der Waals surface area contributed by atoms with Gasteiger partial charge in [0.25, 0.3) is 5.91 Å². The van der Waals surface area contributed by atoms with Gasteiger partial charge in [-0.05, 0) is 43.2 Å². The fraction of sp³-hybridized carbons (Fsp3) is 0.375. The number of nitrogens with one attached hydrogen (secondary N) is 1. The van der Waals surface area contributed by atoms with Gasteiger partial charge in [0.1, 0.15) is 11.5 Å². The fourth-order valence-electron chi connectivity index (χ4n) is 2.81. The Labute approximate surface area is 128 Å². The van der Waals surface area contributed by atoms with Gasteiger partial charge in [0.2, 0.25) is 0 Å². The first-order chi connectivity index (χ1) is 10.6. The van der Waals surface area contributed by atoms with Gasteiger partial charge in [-0.15, -0.1) is 0 Å². The van der Waals surface area contributed by atoms with Gasteiger partial charge >= 0.3 is 0 Å². The van der Waals surface area contributed by atoms with E-state index >= 15 is 0 Å². The van der Waals surface area contributed by atoms with E-state index in [2.05, 4.69) is 10.4 Å². The largest absolute Gasteiger partial charge is 0.381 e. The summed E-state index contributed by atoms with van der Waals surface area (Å²) in [5, 5.41) is 7.42. The molecule has 0 unspecified atom stereocenters. The second-order valence-electron chi connectivity index (χ2n) is 5.58. The van der Waals surface area contributed by atoms with Gasteiger partial charge in [0.15, 0.2) is 0 Å². The third-order valence-electron chi connectivity index (χ3n) is 3.96. The summed E-state index contributed by atoms with van der Waals surface area (Å²) in [5.41, 5.74) is 1.48. The Kier molecular flexibility index (Phi) is 4.09. The molecule has 0 saturated carbocycles. The Morgan fingerprint density at radius 1 is 1.32 bits per heavy atom. The minimum Gasteiger partial charge on any atom is -0.381 e. The summed E-state index contributed by atoms with van der Waals surface area (Å²) in [5.74, 6) is -0.243. The van der Waals surface area contributed by atoms with Crippen molar-refractivity contribution in [1.29, 1.82) is 0 Å². The summed E-state index contributed by atoms with van der Waals surface area (Å²) in [6.45, 7) is 1.40. The van der Waals surface area contributed by atoms with Crippen LogP contribution < -0.4 is 5.32 Å². The first kappa shape index (κ1) is 14.6. The monoisotopic (exact) mass is 302 g/mol. The van der Waals surface area contributed by atoms with Crippen LogP contribution in [0.3, 0.4) is 0 Å². The minimum atomic E-state index is -0.248. The van der Waals surface area contributed by atoms with Crippen molar-refractivity contribution in [3.63, 3.8) is 0 Å². The Balaban J connectivity index is 1.65. The number of hydrogen-bond acceptors (Lipinski definition) is 3. The molecule has 1 N–H and O–H groups in total. The summed E-state index contributed by atoms with van der Waals surface area (Å²) in [4.78, 5) is 14.4. The van der Waals surface area contributed by atoms with Crippen LogP contribution in [0.1, 0.15) is 23.3 Å². The highest BCUT2D eigenvalue weighted by molar-refractivity contribution is 5.92. The van der Waals surface area contributed by atoms with E-state index < -0.39 is 0 Å². The molecule has 2 heterocycles. The molecule has 1 aromatic carbocycles. The molecule has 1 aliphatic rings. The standard InChI is InChI=1S/C16H19FN4O/c1-20-15(8-9-18-20)16(22)21-10-2-3-14(11-21)19-13-6-4-12(17)5-7-13/h4-9,14,19H,2-3,10-11H2,1H3/t14-/m1/s1. The number of amides is 1. The van der Waals surface area contributed by atoms with Crippen molar-refractivity contribution >= 4 is 11.6 Å². The number of rotatable bonds is 3. The number of aryl methyl sites for hydroxylation is 1. The van der Waals surface area contributed by atoms with Crippen molar-refractivity contribution in [3.05, 3.63) is 48.0 Å². The summed E-state index contributed by atoms with van der Waals surface area (Å²) < 4.78 is 14.5. The Hall–Kier alpha value is -2.37. The number of benzene rings is 1. The number of piperidine rings is 1. The van der Waals surface area contributed by atoms with Crippen LogP contribution in [0.4, 0.5) is 10.1 Å². The van der Waals surface area contributed by atoms with E-state index in [1.165, 1.54) is 12.1 Å². The van der Waals surface area contributed by atoms with Crippen molar-refractivity contribution < 1.29 is 9.18 Å². The molecule has 1 aromatic heterocycles. The first-order valence-electron chi connectivity index (χ1n) is 7.43. The van der Waals surface area contributed by atoms with Crippen LogP contribution in [0.2, 0.25) is 0 Å². The number of halogens is 1. The molecule has 6 heteroatoms. The smallest absolute Gasteiger partial charge is 0.272 e. The minimum absolute atomic E-state index is 0.00519. The van der Waals surface area contributed by atoms with Gasteiger partial charge in [0.05, 0.1) is 0 Å². The highest BCUT2D eigenvalue weighted by Gasteiger charge is 2.25. The number of likely N-dealkylation sites (tertiary alicyclic amines) is 1. The molecular formula is C16H19FN4O. The lowest BCUT2D eigenvalue weighted by molar-refractivity contribution is 0.0703. The third-order valence-corrected chi connectivity index (χ3v) is 3.96. The quantitative estimate of drug-likeness (QED) is 0.946. The molecule has 1 amide bonds. The van der Waals surface area contributed by atoms with E-state index in [4.69, 9.17) is 0 Å². The molecule has 1 saturated heterocycles. The summed E-state index contributed by atoms with van der Waals surface area (Å²) >= 11 is 0.